The number of fused-ring (bicyclic) bond motifs is 1. The van der Waals surface area contributed by atoms with Crippen molar-refractivity contribution in [2.24, 2.45) is 0 Å². The summed E-state index contributed by atoms with van der Waals surface area (Å²) in [5.41, 5.74) is 1.91. The number of carbonyl (C=O) groups is 1. The Kier molecular flexibility index (Phi) is 6.34. The SMILES string of the molecule is CC(Sc1nnc(-c2ccccc2)c2ccccc12)C(=O)Nc1ccc([N+](=O)[O-])cc1Cl. The molecule has 160 valence electrons. The van der Waals surface area contributed by atoms with Gasteiger partial charge >= 0.3 is 0 Å². The molecule has 4 rings (SSSR count). The molecule has 0 spiro atoms. The van der Waals surface area contributed by atoms with Crippen LogP contribution in [0, 0.1) is 10.1 Å². The first-order chi connectivity index (χ1) is 15.4. The number of nitro benzene ring substituents is 1. The zero-order valence-corrected chi connectivity index (χ0v) is 18.4. The Labute approximate surface area is 193 Å². The smallest absolute Gasteiger partial charge is 0.271 e. The van der Waals surface area contributed by atoms with Gasteiger partial charge in [-0.15, -0.1) is 10.2 Å². The fourth-order valence-electron chi connectivity index (χ4n) is 3.15. The summed E-state index contributed by atoms with van der Waals surface area (Å²) in [6.07, 6.45) is 0. The van der Waals surface area contributed by atoms with E-state index in [0.29, 0.717) is 10.7 Å². The fourth-order valence-corrected chi connectivity index (χ4v) is 4.27. The summed E-state index contributed by atoms with van der Waals surface area (Å²) in [6, 6.07) is 21.5. The van der Waals surface area contributed by atoms with Crippen LogP contribution in [-0.4, -0.2) is 26.3 Å². The normalized spacial score (nSPS) is 11.8. The molecule has 32 heavy (non-hydrogen) atoms. The van der Waals surface area contributed by atoms with Crippen molar-refractivity contribution < 1.29 is 9.72 Å². The molecule has 0 bridgehead atoms. The molecule has 1 aromatic heterocycles. The van der Waals surface area contributed by atoms with E-state index in [1.807, 2.05) is 54.6 Å². The molecule has 1 amide bonds. The molecule has 0 aliphatic heterocycles. The minimum absolute atomic E-state index is 0.0993. The molecule has 3 aromatic carbocycles. The Bertz CT molecular complexity index is 1320. The lowest BCUT2D eigenvalue weighted by Gasteiger charge is -2.14. The van der Waals surface area contributed by atoms with Crippen molar-refractivity contribution in [3.8, 4) is 11.3 Å². The number of benzene rings is 3. The number of aromatic nitrogens is 2. The number of non-ortho nitro benzene ring substituents is 1. The van der Waals surface area contributed by atoms with Crippen molar-refractivity contribution in [2.45, 2.75) is 17.2 Å². The van der Waals surface area contributed by atoms with Gasteiger partial charge in [0.25, 0.3) is 5.69 Å². The average molecular weight is 465 g/mol. The second-order valence-corrected chi connectivity index (χ2v) is 8.67. The van der Waals surface area contributed by atoms with Crippen LogP contribution in [0.5, 0.6) is 0 Å². The van der Waals surface area contributed by atoms with Gasteiger partial charge in [-0.2, -0.15) is 0 Å². The third-order valence-corrected chi connectivity index (χ3v) is 6.18. The van der Waals surface area contributed by atoms with E-state index < -0.39 is 10.2 Å². The van der Waals surface area contributed by atoms with Crippen molar-refractivity contribution in [2.75, 3.05) is 5.32 Å². The Morgan fingerprint density at radius 2 is 1.72 bits per heavy atom. The maximum absolute atomic E-state index is 12.7. The van der Waals surface area contributed by atoms with Crippen LogP contribution in [0.15, 0.2) is 77.8 Å². The quantitative estimate of drug-likeness (QED) is 0.214. The third kappa shape index (κ3) is 4.56. The molecule has 0 saturated heterocycles. The van der Waals surface area contributed by atoms with E-state index in [9.17, 15) is 14.9 Å². The maximum Gasteiger partial charge on any atom is 0.271 e. The first-order valence-corrected chi connectivity index (χ1v) is 10.9. The molecule has 1 atom stereocenters. The number of nitrogens with zero attached hydrogens (tertiary/aromatic N) is 3. The van der Waals surface area contributed by atoms with Crippen molar-refractivity contribution in [3.63, 3.8) is 0 Å². The number of rotatable bonds is 6. The summed E-state index contributed by atoms with van der Waals surface area (Å²) in [5, 5.41) is 24.5. The first kappa shape index (κ1) is 21.7. The lowest BCUT2D eigenvalue weighted by Crippen LogP contribution is -2.22. The summed E-state index contributed by atoms with van der Waals surface area (Å²) in [7, 11) is 0. The van der Waals surface area contributed by atoms with Crippen LogP contribution < -0.4 is 5.32 Å². The van der Waals surface area contributed by atoms with Crippen LogP contribution in [-0.2, 0) is 4.79 Å². The number of nitrogens with one attached hydrogen (secondary N) is 1. The van der Waals surface area contributed by atoms with Crippen molar-refractivity contribution in [1.82, 2.24) is 10.2 Å². The van der Waals surface area contributed by atoms with Gasteiger partial charge in [-0.25, -0.2) is 0 Å². The van der Waals surface area contributed by atoms with Gasteiger partial charge in [-0.05, 0) is 13.0 Å². The van der Waals surface area contributed by atoms with Crippen LogP contribution in [0.3, 0.4) is 0 Å². The van der Waals surface area contributed by atoms with Gasteiger partial charge in [0.1, 0.15) is 10.7 Å². The number of halogens is 1. The Hall–Kier alpha value is -3.49. The maximum atomic E-state index is 12.7. The van der Waals surface area contributed by atoms with E-state index in [0.717, 1.165) is 22.0 Å². The van der Waals surface area contributed by atoms with Gasteiger partial charge in [-0.1, -0.05) is 78.0 Å². The summed E-state index contributed by atoms with van der Waals surface area (Å²) in [5.74, 6) is -0.302. The topological polar surface area (TPSA) is 98.0 Å². The molecule has 0 saturated carbocycles. The Balaban J connectivity index is 1.57. The number of thioether (sulfide) groups is 1. The van der Waals surface area contributed by atoms with Crippen molar-refractivity contribution >= 4 is 51.4 Å². The highest BCUT2D eigenvalue weighted by Crippen LogP contribution is 2.34. The summed E-state index contributed by atoms with van der Waals surface area (Å²) in [6.45, 7) is 1.75. The van der Waals surface area contributed by atoms with Crippen LogP contribution in [0.25, 0.3) is 22.0 Å². The fraction of sp³-hybridized carbons (Fsp3) is 0.0870. The highest BCUT2D eigenvalue weighted by atomic mass is 35.5. The highest BCUT2D eigenvalue weighted by molar-refractivity contribution is 8.00. The number of hydrogen-bond acceptors (Lipinski definition) is 6. The van der Waals surface area contributed by atoms with Crippen molar-refractivity contribution in [3.05, 3.63) is 87.9 Å². The van der Waals surface area contributed by atoms with Gasteiger partial charge in [0.05, 0.1) is 20.9 Å². The minimum atomic E-state index is -0.543. The Morgan fingerprint density at radius 3 is 2.41 bits per heavy atom. The lowest BCUT2D eigenvalue weighted by molar-refractivity contribution is -0.384. The van der Waals surface area contributed by atoms with E-state index >= 15 is 0 Å². The molecule has 4 aromatic rings. The molecule has 0 aliphatic carbocycles. The van der Waals surface area contributed by atoms with Crippen LogP contribution >= 0.6 is 23.4 Å². The first-order valence-electron chi connectivity index (χ1n) is 9.66. The molecule has 1 heterocycles. The molecule has 1 unspecified atom stereocenters. The summed E-state index contributed by atoms with van der Waals surface area (Å²) in [4.78, 5) is 23.1. The lowest BCUT2D eigenvalue weighted by atomic mass is 10.1. The highest BCUT2D eigenvalue weighted by Gasteiger charge is 2.20. The van der Waals surface area contributed by atoms with E-state index in [4.69, 9.17) is 11.6 Å². The number of hydrogen-bond donors (Lipinski definition) is 1. The van der Waals surface area contributed by atoms with Gasteiger partial charge < -0.3 is 5.32 Å². The van der Waals surface area contributed by atoms with E-state index in [2.05, 4.69) is 15.5 Å². The largest absolute Gasteiger partial charge is 0.324 e. The zero-order chi connectivity index (χ0) is 22.7. The van der Waals surface area contributed by atoms with Gasteiger partial charge in [0.2, 0.25) is 5.91 Å². The zero-order valence-electron chi connectivity index (χ0n) is 16.9. The number of amides is 1. The second-order valence-electron chi connectivity index (χ2n) is 6.94. The van der Waals surface area contributed by atoms with Gasteiger partial charge in [0.15, 0.2) is 0 Å². The molecule has 0 radical (unpaired) electrons. The predicted molar refractivity (Wildman–Crippen MR) is 127 cm³/mol. The van der Waals surface area contributed by atoms with Crippen LogP contribution in [0.2, 0.25) is 5.02 Å². The van der Waals surface area contributed by atoms with Crippen molar-refractivity contribution in [1.29, 1.82) is 0 Å². The Morgan fingerprint density at radius 1 is 1.03 bits per heavy atom. The predicted octanol–water partition coefficient (Wildman–Crippen LogP) is 5.98. The molecule has 1 N–H and O–H groups in total. The molecule has 0 aliphatic rings. The molecular formula is C23H17ClN4O3S. The second kappa shape index (κ2) is 9.33. The van der Waals surface area contributed by atoms with Gasteiger partial charge in [0, 0.05) is 28.5 Å². The van der Waals surface area contributed by atoms with Gasteiger partial charge in [-0.3, -0.25) is 14.9 Å². The standard InChI is InChI=1S/C23H17ClN4O3S/c1-14(22(29)25-20-12-11-16(28(30)31)13-19(20)24)32-23-18-10-6-5-9-17(18)21(26-27-23)15-7-3-2-4-8-15/h2-14H,1H3,(H,25,29). The molecule has 7 nitrogen and oxygen atoms in total. The molecule has 9 heteroatoms. The summed E-state index contributed by atoms with van der Waals surface area (Å²) >= 11 is 7.37. The minimum Gasteiger partial charge on any atom is -0.324 e. The average Bonchev–Trinajstić information content (AvgIpc) is 2.81. The molecule has 0 fully saturated rings. The number of anilines is 1. The number of carbonyl (C=O) groups excluding carboxylic acids is 1. The van der Waals surface area contributed by atoms with E-state index in [1.54, 1.807) is 6.92 Å². The van der Waals surface area contributed by atoms with Crippen LogP contribution in [0.1, 0.15) is 6.92 Å². The molecular weight excluding hydrogens is 448 g/mol. The monoisotopic (exact) mass is 464 g/mol. The third-order valence-electron chi connectivity index (χ3n) is 4.78. The van der Waals surface area contributed by atoms with E-state index in [1.165, 1.54) is 30.0 Å². The van der Waals surface area contributed by atoms with Crippen LogP contribution in [0.4, 0.5) is 11.4 Å². The number of nitro groups is 1. The summed E-state index contributed by atoms with van der Waals surface area (Å²) < 4.78 is 0. The van der Waals surface area contributed by atoms with E-state index in [-0.39, 0.29) is 16.6 Å².